The Morgan fingerprint density at radius 1 is 0.529 bits per heavy atom. The molecule has 1 rings (SSSR count). The number of rotatable bonds is 24. The molecule has 0 saturated carbocycles. The van der Waals surface area contributed by atoms with E-state index in [-0.39, 0.29) is 31.6 Å². The van der Waals surface area contributed by atoms with Gasteiger partial charge in [-0.2, -0.15) is 0 Å². The lowest BCUT2D eigenvalue weighted by atomic mass is 10.3. The maximum absolute atomic E-state index is 6.00. The minimum absolute atomic E-state index is 0.00989. The van der Waals surface area contributed by atoms with Crippen LogP contribution in [0.3, 0.4) is 0 Å². The highest BCUT2D eigenvalue weighted by molar-refractivity contribution is 6.55. The molecule has 0 aliphatic heterocycles. The lowest BCUT2D eigenvalue weighted by Crippen LogP contribution is -2.24. The van der Waals surface area contributed by atoms with Crippen LogP contribution >= 0.6 is 0 Å². The lowest BCUT2D eigenvalue weighted by molar-refractivity contribution is -0.144. The zero-order chi connectivity index (χ0) is 24.7. The van der Waals surface area contributed by atoms with E-state index in [1.807, 2.05) is 0 Å². The van der Waals surface area contributed by atoms with Crippen LogP contribution in [0.25, 0.3) is 0 Å². The second kappa shape index (κ2) is 22.9. The van der Waals surface area contributed by atoms with Crippen molar-refractivity contribution in [2.24, 2.45) is 0 Å². The van der Waals surface area contributed by atoms with E-state index in [1.54, 1.807) is 10.4 Å². The number of hydrogen-bond donors (Lipinski definition) is 0. The first-order valence-electron chi connectivity index (χ1n) is 14.3. The Bertz CT molecular complexity index is 487. The summed E-state index contributed by atoms with van der Waals surface area (Å²) in [5, 5.41) is 3.12. The van der Waals surface area contributed by atoms with Crippen molar-refractivity contribution in [3.63, 3.8) is 0 Å². The van der Waals surface area contributed by atoms with E-state index >= 15 is 0 Å². The average molecular weight is 511 g/mol. The molecule has 0 radical (unpaired) electrons. The summed E-state index contributed by atoms with van der Waals surface area (Å²) < 4.78 is 24.0. The Labute approximate surface area is 215 Å². The van der Waals surface area contributed by atoms with Crippen molar-refractivity contribution in [1.29, 1.82) is 0 Å². The molecule has 0 heterocycles. The molecular formula is C28H54O4Si2. The topological polar surface area (TPSA) is 36.9 Å². The molecule has 198 valence electrons. The van der Waals surface area contributed by atoms with Gasteiger partial charge in [-0.05, 0) is 38.5 Å². The molecule has 0 amide bonds. The fourth-order valence-corrected chi connectivity index (χ4v) is 6.71. The van der Waals surface area contributed by atoms with Crippen LogP contribution in [0.2, 0.25) is 12.1 Å². The third kappa shape index (κ3) is 17.0. The third-order valence-corrected chi connectivity index (χ3v) is 9.66. The zero-order valence-corrected chi connectivity index (χ0v) is 25.7. The molecule has 0 spiro atoms. The smallest absolute Gasteiger partial charge is 0.157 e. The summed E-state index contributed by atoms with van der Waals surface area (Å²) >= 11 is 0. The van der Waals surface area contributed by atoms with Crippen LogP contribution in [0, 0.1) is 0 Å². The molecule has 1 aromatic carbocycles. The predicted molar refractivity (Wildman–Crippen MR) is 153 cm³/mol. The van der Waals surface area contributed by atoms with Crippen LogP contribution in [-0.2, 0) is 18.9 Å². The van der Waals surface area contributed by atoms with Crippen molar-refractivity contribution >= 4 is 29.4 Å². The van der Waals surface area contributed by atoms with Gasteiger partial charge < -0.3 is 18.9 Å². The summed E-state index contributed by atoms with van der Waals surface area (Å²) in [6.07, 6.45) is 11.2. The minimum Gasteiger partial charge on any atom is -0.353 e. The summed E-state index contributed by atoms with van der Waals surface area (Å²) in [5.41, 5.74) is 0. The highest BCUT2D eigenvalue weighted by atomic mass is 28.2. The summed E-state index contributed by atoms with van der Waals surface area (Å²) in [6, 6.07) is 12.0. The van der Waals surface area contributed by atoms with Crippen molar-refractivity contribution < 1.29 is 18.9 Å². The second-order valence-electron chi connectivity index (χ2n) is 9.36. The molecule has 0 bridgehead atoms. The summed E-state index contributed by atoms with van der Waals surface area (Å²) in [4.78, 5) is 0. The maximum atomic E-state index is 6.00. The Morgan fingerprint density at radius 2 is 0.824 bits per heavy atom. The molecule has 0 aliphatic carbocycles. The Morgan fingerprint density at radius 3 is 1.09 bits per heavy atom. The molecule has 0 saturated heterocycles. The monoisotopic (exact) mass is 510 g/mol. The first kappa shape index (κ1) is 31.5. The van der Waals surface area contributed by atoms with Crippen LogP contribution in [0.15, 0.2) is 24.3 Å². The van der Waals surface area contributed by atoms with Crippen LogP contribution < -0.4 is 10.4 Å². The highest BCUT2D eigenvalue weighted by Gasteiger charge is 2.11. The number of benzene rings is 1. The van der Waals surface area contributed by atoms with Gasteiger partial charge in [-0.15, -0.1) is 0 Å². The van der Waals surface area contributed by atoms with Gasteiger partial charge in [-0.3, -0.25) is 0 Å². The molecular weight excluding hydrogens is 456 g/mol. The standard InChI is InChI=1S/C28H54O4Si2/c1-5-9-19-29-27(30-20-10-6-2)17-23-33-25-13-15-26(16-14-25)34-24-18-28(31-21-11-7-3)32-22-12-8-4/h13-16,27-28H,5-12,17-24,33-34H2,1-4H3. The molecule has 0 aromatic heterocycles. The van der Waals surface area contributed by atoms with Crippen molar-refractivity contribution in [2.45, 2.75) is 117 Å². The molecule has 0 N–H and O–H groups in total. The lowest BCUT2D eigenvalue weighted by Gasteiger charge is -2.19. The van der Waals surface area contributed by atoms with Crippen LogP contribution in [0.5, 0.6) is 0 Å². The quantitative estimate of drug-likeness (QED) is 0.114. The normalized spacial score (nSPS) is 12.4. The van der Waals surface area contributed by atoms with Gasteiger partial charge in [-0.25, -0.2) is 0 Å². The fraction of sp³-hybridized carbons (Fsp3) is 0.786. The minimum atomic E-state index is -0.268. The van der Waals surface area contributed by atoms with E-state index in [4.69, 9.17) is 18.9 Å². The SMILES string of the molecule is CCCCOC(CC[SiH2]c1ccc([SiH2]CCC(OCCCC)OCCCC)cc1)OCCCC. The number of unbranched alkanes of at least 4 members (excludes halogenated alkanes) is 4. The second-order valence-corrected chi connectivity index (χ2v) is 13.4. The van der Waals surface area contributed by atoms with E-state index in [2.05, 4.69) is 52.0 Å². The maximum Gasteiger partial charge on any atom is 0.157 e. The number of hydrogen-bond acceptors (Lipinski definition) is 4. The molecule has 0 unspecified atom stereocenters. The molecule has 0 atom stereocenters. The number of ether oxygens (including phenoxy) is 4. The molecule has 1 aromatic rings. The van der Waals surface area contributed by atoms with Gasteiger partial charge in [0.15, 0.2) is 12.6 Å². The molecule has 0 fully saturated rings. The van der Waals surface area contributed by atoms with Crippen LogP contribution in [-0.4, -0.2) is 58.0 Å². The van der Waals surface area contributed by atoms with Gasteiger partial charge in [0, 0.05) is 26.4 Å². The predicted octanol–water partition coefficient (Wildman–Crippen LogP) is 4.81. The van der Waals surface area contributed by atoms with Crippen LogP contribution in [0.1, 0.15) is 91.9 Å². The van der Waals surface area contributed by atoms with Crippen molar-refractivity contribution in [3.05, 3.63) is 24.3 Å². The van der Waals surface area contributed by atoms with E-state index < -0.39 is 0 Å². The van der Waals surface area contributed by atoms with E-state index in [1.165, 1.54) is 37.8 Å². The average Bonchev–Trinajstić information content (AvgIpc) is 2.85. The first-order chi connectivity index (χ1) is 16.7. The zero-order valence-electron chi connectivity index (χ0n) is 22.8. The summed E-state index contributed by atoms with van der Waals surface area (Å²) in [6.45, 7) is 12.1. The van der Waals surface area contributed by atoms with Gasteiger partial charge in [0.2, 0.25) is 0 Å². The molecule has 4 nitrogen and oxygen atoms in total. The summed E-state index contributed by atoms with van der Waals surface area (Å²) in [7, 11) is -0.536. The van der Waals surface area contributed by atoms with E-state index in [0.717, 1.165) is 65.0 Å². The Hall–Kier alpha value is -0.506. The van der Waals surface area contributed by atoms with Gasteiger partial charge in [0.25, 0.3) is 0 Å². The molecule has 0 aliphatic rings. The van der Waals surface area contributed by atoms with Gasteiger partial charge in [0.05, 0.1) is 19.0 Å². The molecule has 6 heteroatoms. The van der Waals surface area contributed by atoms with Gasteiger partial charge >= 0.3 is 0 Å². The Balaban J connectivity index is 2.35. The van der Waals surface area contributed by atoms with Gasteiger partial charge in [-0.1, -0.05) is 100 Å². The third-order valence-electron chi connectivity index (χ3n) is 6.04. The molecule has 34 heavy (non-hydrogen) atoms. The van der Waals surface area contributed by atoms with Crippen molar-refractivity contribution in [2.75, 3.05) is 26.4 Å². The fourth-order valence-electron chi connectivity index (χ4n) is 3.68. The van der Waals surface area contributed by atoms with E-state index in [0.29, 0.717) is 0 Å². The largest absolute Gasteiger partial charge is 0.353 e. The van der Waals surface area contributed by atoms with Crippen molar-refractivity contribution in [3.8, 4) is 0 Å². The highest BCUT2D eigenvalue weighted by Crippen LogP contribution is 2.09. The first-order valence-corrected chi connectivity index (χ1v) is 17.7. The Kier molecular flexibility index (Phi) is 21.3. The van der Waals surface area contributed by atoms with Crippen molar-refractivity contribution in [1.82, 2.24) is 0 Å². The van der Waals surface area contributed by atoms with Crippen LogP contribution in [0.4, 0.5) is 0 Å². The van der Waals surface area contributed by atoms with Gasteiger partial charge in [0.1, 0.15) is 0 Å². The van der Waals surface area contributed by atoms with E-state index in [9.17, 15) is 0 Å². The summed E-state index contributed by atoms with van der Waals surface area (Å²) in [5.74, 6) is 0.